The maximum absolute atomic E-state index is 13.1. The molecule has 4 rings (SSSR count). The summed E-state index contributed by atoms with van der Waals surface area (Å²) in [6.45, 7) is 6.16. The van der Waals surface area contributed by atoms with Crippen LogP contribution in [0.3, 0.4) is 0 Å². The Kier molecular flexibility index (Phi) is 7.92. The fourth-order valence-electron chi connectivity index (χ4n) is 3.98. The first-order valence-corrected chi connectivity index (χ1v) is 12.0. The lowest BCUT2D eigenvalue weighted by molar-refractivity contribution is 0.0628. The summed E-state index contributed by atoms with van der Waals surface area (Å²) >= 11 is 12.6. The van der Waals surface area contributed by atoms with Gasteiger partial charge in [0.1, 0.15) is 12.4 Å². The van der Waals surface area contributed by atoms with Crippen LogP contribution in [0.15, 0.2) is 66.7 Å². The molecule has 0 saturated carbocycles. The fraction of sp³-hybridized carbons (Fsp3) is 0.296. The third-order valence-electron chi connectivity index (χ3n) is 6.01. The van der Waals surface area contributed by atoms with E-state index in [0.29, 0.717) is 41.8 Å². The summed E-state index contributed by atoms with van der Waals surface area (Å²) < 4.78 is 5.91. The van der Waals surface area contributed by atoms with Crippen molar-refractivity contribution < 1.29 is 9.53 Å². The molecule has 0 N–H and O–H groups in total. The van der Waals surface area contributed by atoms with E-state index in [-0.39, 0.29) is 5.91 Å². The van der Waals surface area contributed by atoms with E-state index in [9.17, 15) is 4.79 Å². The molecule has 0 aliphatic carbocycles. The Morgan fingerprint density at radius 2 is 1.55 bits per heavy atom. The van der Waals surface area contributed by atoms with Gasteiger partial charge in [-0.3, -0.25) is 9.69 Å². The van der Waals surface area contributed by atoms with Crippen LogP contribution < -0.4 is 4.74 Å². The largest absolute Gasteiger partial charge is 0.489 e. The van der Waals surface area contributed by atoms with Crippen LogP contribution in [0.5, 0.6) is 5.75 Å². The normalized spacial score (nSPS) is 14.3. The number of carbonyl (C=O) groups is 1. The molecule has 0 spiro atoms. The van der Waals surface area contributed by atoms with Crippen LogP contribution >= 0.6 is 23.2 Å². The van der Waals surface area contributed by atoms with Crippen LogP contribution in [0.2, 0.25) is 10.0 Å². The highest BCUT2D eigenvalue weighted by Crippen LogP contribution is 2.26. The molecule has 1 fully saturated rings. The Balaban J connectivity index is 1.32. The van der Waals surface area contributed by atoms with Crippen molar-refractivity contribution in [3.05, 3.63) is 99.0 Å². The summed E-state index contributed by atoms with van der Waals surface area (Å²) in [7, 11) is 0. The van der Waals surface area contributed by atoms with Gasteiger partial charge in [0.25, 0.3) is 5.91 Å². The molecule has 1 saturated heterocycles. The van der Waals surface area contributed by atoms with Crippen LogP contribution in [0.1, 0.15) is 34.0 Å². The first-order chi connectivity index (χ1) is 16.0. The average Bonchev–Trinajstić information content (AvgIpc) is 2.85. The third-order valence-corrected chi connectivity index (χ3v) is 6.72. The summed E-state index contributed by atoms with van der Waals surface area (Å²) in [5, 5.41) is 1.36. The Labute approximate surface area is 205 Å². The molecule has 0 unspecified atom stereocenters. The highest BCUT2D eigenvalue weighted by atomic mass is 35.5. The molecule has 1 amide bonds. The van der Waals surface area contributed by atoms with Crippen molar-refractivity contribution in [1.29, 1.82) is 0 Å². The van der Waals surface area contributed by atoms with E-state index < -0.39 is 0 Å². The van der Waals surface area contributed by atoms with E-state index in [1.165, 1.54) is 5.56 Å². The zero-order valence-electron chi connectivity index (χ0n) is 18.8. The third kappa shape index (κ3) is 6.08. The van der Waals surface area contributed by atoms with Gasteiger partial charge in [0.05, 0.1) is 0 Å². The molecule has 0 bridgehead atoms. The maximum Gasteiger partial charge on any atom is 0.253 e. The van der Waals surface area contributed by atoms with Gasteiger partial charge >= 0.3 is 0 Å². The number of amides is 1. The molecule has 172 valence electrons. The molecule has 0 aromatic heterocycles. The number of aryl methyl sites for hydroxylation is 1. The highest BCUT2D eigenvalue weighted by Gasteiger charge is 2.23. The number of rotatable bonds is 7. The quantitative estimate of drug-likeness (QED) is 0.408. The summed E-state index contributed by atoms with van der Waals surface area (Å²) in [6, 6.07) is 21.4. The van der Waals surface area contributed by atoms with Crippen LogP contribution in [0.4, 0.5) is 0 Å². The van der Waals surface area contributed by atoms with E-state index in [1.54, 1.807) is 0 Å². The van der Waals surface area contributed by atoms with Crippen molar-refractivity contribution in [3.8, 4) is 5.75 Å². The van der Waals surface area contributed by atoms with Gasteiger partial charge in [0.15, 0.2) is 0 Å². The Bertz CT molecular complexity index is 1070. The topological polar surface area (TPSA) is 32.8 Å². The van der Waals surface area contributed by atoms with Gasteiger partial charge < -0.3 is 9.64 Å². The summed E-state index contributed by atoms with van der Waals surface area (Å²) in [4.78, 5) is 17.3. The Morgan fingerprint density at radius 1 is 0.879 bits per heavy atom. The lowest BCUT2D eigenvalue weighted by Crippen LogP contribution is -2.48. The minimum atomic E-state index is 0.0552. The smallest absolute Gasteiger partial charge is 0.253 e. The minimum absolute atomic E-state index is 0.0552. The summed E-state index contributed by atoms with van der Waals surface area (Å²) in [5.41, 5.74) is 3.90. The molecule has 1 heterocycles. The van der Waals surface area contributed by atoms with Gasteiger partial charge in [0, 0.05) is 53.9 Å². The molecule has 0 atom stereocenters. The van der Waals surface area contributed by atoms with E-state index in [1.807, 2.05) is 59.5 Å². The van der Waals surface area contributed by atoms with Gasteiger partial charge in [-0.1, -0.05) is 60.5 Å². The molecule has 4 nitrogen and oxygen atoms in total. The standard InChI is InChI=1S/C27H28Cl2N2O2/c1-2-20-9-11-23(12-10-20)33-19-21-5-3-6-22(17-21)27(32)31-15-13-30(14-16-31)18-24-25(28)7-4-8-26(24)29/h3-12,17H,2,13-16,18-19H2,1H3. The van der Waals surface area contributed by atoms with Crippen molar-refractivity contribution in [2.75, 3.05) is 26.2 Å². The number of nitrogens with zero attached hydrogens (tertiary/aromatic N) is 2. The predicted molar refractivity (Wildman–Crippen MR) is 134 cm³/mol. The molecule has 0 radical (unpaired) electrons. The van der Waals surface area contributed by atoms with Crippen molar-refractivity contribution in [2.45, 2.75) is 26.5 Å². The van der Waals surface area contributed by atoms with E-state index in [2.05, 4.69) is 24.0 Å². The number of carbonyl (C=O) groups excluding carboxylic acids is 1. The highest BCUT2D eigenvalue weighted by molar-refractivity contribution is 6.35. The zero-order valence-corrected chi connectivity index (χ0v) is 20.3. The summed E-state index contributed by atoms with van der Waals surface area (Å²) in [5.74, 6) is 0.887. The van der Waals surface area contributed by atoms with Crippen molar-refractivity contribution >= 4 is 29.1 Å². The van der Waals surface area contributed by atoms with Crippen LogP contribution in [-0.4, -0.2) is 41.9 Å². The Morgan fingerprint density at radius 3 is 2.21 bits per heavy atom. The van der Waals surface area contributed by atoms with Crippen molar-refractivity contribution in [2.24, 2.45) is 0 Å². The molecule has 33 heavy (non-hydrogen) atoms. The number of hydrogen-bond donors (Lipinski definition) is 0. The van der Waals surface area contributed by atoms with Crippen LogP contribution in [0.25, 0.3) is 0 Å². The fourth-order valence-corrected chi connectivity index (χ4v) is 4.50. The second-order valence-electron chi connectivity index (χ2n) is 8.26. The van der Waals surface area contributed by atoms with Crippen LogP contribution in [-0.2, 0) is 19.6 Å². The van der Waals surface area contributed by atoms with Gasteiger partial charge in [-0.05, 0) is 53.9 Å². The van der Waals surface area contributed by atoms with Crippen LogP contribution in [0, 0.1) is 0 Å². The Hall–Kier alpha value is -2.53. The number of ether oxygens (including phenoxy) is 1. The van der Waals surface area contributed by atoms with E-state index in [0.717, 1.165) is 36.4 Å². The first-order valence-electron chi connectivity index (χ1n) is 11.3. The van der Waals surface area contributed by atoms with Gasteiger partial charge in [-0.25, -0.2) is 0 Å². The number of benzene rings is 3. The average molecular weight is 483 g/mol. The molecular formula is C27H28Cl2N2O2. The molecule has 1 aliphatic heterocycles. The van der Waals surface area contributed by atoms with Crippen molar-refractivity contribution in [1.82, 2.24) is 9.80 Å². The lowest BCUT2D eigenvalue weighted by atomic mass is 10.1. The van der Waals surface area contributed by atoms with Gasteiger partial charge in [-0.2, -0.15) is 0 Å². The second kappa shape index (κ2) is 11.1. The second-order valence-corrected chi connectivity index (χ2v) is 9.07. The predicted octanol–water partition coefficient (Wildman–Crippen LogP) is 6.09. The summed E-state index contributed by atoms with van der Waals surface area (Å²) in [6.07, 6.45) is 1.01. The molecule has 3 aromatic carbocycles. The molecular weight excluding hydrogens is 455 g/mol. The first kappa shape index (κ1) is 23.6. The molecule has 3 aromatic rings. The van der Waals surface area contributed by atoms with Crippen molar-refractivity contribution in [3.63, 3.8) is 0 Å². The monoisotopic (exact) mass is 482 g/mol. The number of hydrogen-bond acceptors (Lipinski definition) is 3. The number of piperazine rings is 1. The lowest BCUT2D eigenvalue weighted by Gasteiger charge is -2.35. The van der Waals surface area contributed by atoms with Gasteiger partial charge in [-0.15, -0.1) is 0 Å². The van der Waals surface area contributed by atoms with Gasteiger partial charge in [0.2, 0.25) is 0 Å². The number of halogens is 2. The van der Waals surface area contributed by atoms with E-state index in [4.69, 9.17) is 27.9 Å². The zero-order chi connectivity index (χ0) is 23.2. The SMILES string of the molecule is CCc1ccc(OCc2cccc(C(=O)N3CCN(Cc4c(Cl)cccc4Cl)CC3)c2)cc1. The minimum Gasteiger partial charge on any atom is -0.489 e. The van der Waals surface area contributed by atoms with E-state index >= 15 is 0 Å². The maximum atomic E-state index is 13.1. The molecule has 1 aliphatic rings. The molecule has 6 heteroatoms.